The maximum absolute atomic E-state index is 9.71. The Kier molecular flexibility index (Phi) is 10.2. The molecular formula is C24H39N3O6. The van der Waals surface area contributed by atoms with Gasteiger partial charge < -0.3 is 33.7 Å². The van der Waals surface area contributed by atoms with Crippen molar-refractivity contribution in [1.29, 1.82) is 5.26 Å². The highest BCUT2D eigenvalue weighted by Gasteiger charge is 2.29. The zero-order valence-corrected chi connectivity index (χ0v) is 21.0. The molecular weight excluding hydrogens is 426 g/mol. The van der Waals surface area contributed by atoms with Crippen LogP contribution in [0.1, 0.15) is 40.2 Å². The molecule has 1 aliphatic heterocycles. The second-order valence-electron chi connectivity index (χ2n) is 9.61. The van der Waals surface area contributed by atoms with E-state index in [0.29, 0.717) is 68.9 Å². The van der Waals surface area contributed by atoms with Gasteiger partial charge in [0.2, 0.25) is 6.41 Å². The summed E-state index contributed by atoms with van der Waals surface area (Å²) in [6.45, 7) is 13.0. The molecule has 1 aromatic carbocycles. The number of fused-ring (bicyclic) bond motifs is 1. The molecule has 2 rings (SSSR count). The Morgan fingerprint density at radius 3 is 2.00 bits per heavy atom. The molecule has 0 spiro atoms. The van der Waals surface area contributed by atoms with Crippen LogP contribution in [0, 0.1) is 11.3 Å². The lowest BCUT2D eigenvalue weighted by atomic mass is 10.1. The lowest BCUT2D eigenvalue weighted by molar-refractivity contribution is -0.285. The fourth-order valence-corrected chi connectivity index (χ4v) is 2.93. The van der Waals surface area contributed by atoms with Crippen molar-refractivity contribution >= 4 is 5.69 Å². The van der Waals surface area contributed by atoms with E-state index >= 15 is 0 Å². The minimum atomic E-state index is -0.592. The third-order valence-corrected chi connectivity index (χ3v) is 4.55. The van der Waals surface area contributed by atoms with E-state index in [9.17, 15) is 5.26 Å². The van der Waals surface area contributed by atoms with E-state index in [-0.39, 0.29) is 5.60 Å². The Labute approximate surface area is 197 Å². The number of hydrogen-bond donors (Lipinski definition) is 1. The normalized spacial score (nSPS) is 16.9. The van der Waals surface area contributed by atoms with Gasteiger partial charge in [0, 0.05) is 18.7 Å². The van der Waals surface area contributed by atoms with E-state index in [1.54, 1.807) is 12.1 Å². The van der Waals surface area contributed by atoms with E-state index in [1.165, 1.54) is 0 Å². The number of benzene rings is 1. The first-order valence-electron chi connectivity index (χ1n) is 11.3. The van der Waals surface area contributed by atoms with Crippen molar-refractivity contribution in [1.82, 2.24) is 4.90 Å². The summed E-state index contributed by atoms with van der Waals surface area (Å²) < 4.78 is 34.9. The van der Waals surface area contributed by atoms with Crippen LogP contribution in [-0.4, -0.2) is 82.8 Å². The van der Waals surface area contributed by atoms with Gasteiger partial charge >= 0.3 is 0 Å². The highest BCUT2D eigenvalue weighted by Crippen LogP contribution is 2.34. The Morgan fingerprint density at radius 1 is 0.939 bits per heavy atom. The van der Waals surface area contributed by atoms with Gasteiger partial charge in [0.1, 0.15) is 19.3 Å². The standard InChI is InChI=1S/C24H39N3O6/c1-23(2,3)32-22(27(6)7)33-24(4,5)17-26-19-15-21-20(14-18(19)16-25)30-12-10-28-8-9-29-11-13-31-21/h14-15,22,26H,8-13,17H2,1-7H3. The average Bonchev–Trinajstić information content (AvgIpc) is 2.71. The van der Waals surface area contributed by atoms with Gasteiger partial charge in [-0.2, -0.15) is 5.26 Å². The zero-order chi connectivity index (χ0) is 24.5. The Balaban J connectivity index is 2.15. The fraction of sp³-hybridized carbons (Fsp3) is 0.708. The molecule has 0 aromatic heterocycles. The van der Waals surface area contributed by atoms with Crippen LogP contribution < -0.4 is 14.8 Å². The van der Waals surface area contributed by atoms with E-state index < -0.39 is 12.0 Å². The van der Waals surface area contributed by atoms with E-state index in [0.717, 1.165) is 0 Å². The van der Waals surface area contributed by atoms with Gasteiger partial charge in [-0.05, 0) is 48.7 Å². The molecule has 0 saturated heterocycles. The third-order valence-electron chi connectivity index (χ3n) is 4.55. The maximum atomic E-state index is 9.71. The highest BCUT2D eigenvalue weighted by molar-refractivity contribution is 5.65. The summed E-state index contributed by atoms with van der Waals surface area (Å²) in [7, 11) is 3.81. The van der Waals surface area contributed by atoms with Gasteiger partial charge in [-0.25, -0.2) is 0 Å². The molecule has 0 aliphatic carbocycles. The van der Waals surface area contributed by atoms with Crippen LogP contribution in [0.3, 0.4) is 0 Å². The van der Waals surface area contributed by atoms with Gasteiger partial charge in [-0.1, -0.05) is 0 Å². The van der Waals surface area contributed by atoms with Crippen molar-refractivity contribution in [2.24, 2.45) is 0 Å². The van der Waals surface area contributed by atoms with Gasteiger partial charge in [0.15, 0.2) is 11.5 Å². The first kappa shape index (κ1) is 27.2. The second-order valence-corrected chi connectivity index (χ2v) is 9.61. The molecule has 1 aromatic rings. The minimum Gasteiger partial charge on any atom is -0.487 e. The third kappa shape index (κ3) is 9.74. The largest absolute Gasteiger partial charge is 0.487 e. The number of ether oxygens (including phenoxy) is 6. The molecule has 9 heteroatoms. The first-order valence-corrected chi connectivity index (χ1v) is 11.3. The van der Waals surface area contributed by atoms with Gasteiger partial charge in [-0.3, -0.25) is 4.90 Å². The number of nitrogens with one attached hydrogen (secondary N) is 1. The van der Waals surface area contributed by atoms with Crippen LogP contribution in [0.4, 0.5) is 5.69 Å². The SMILES string of the molecule is CN(C)C(OC(C)(C)C)OC(C)(C)CNc1cc2c(cc1C#N)OCCOCCOCCO2. The first-order chi connectivity index (χ1) is 15.5. The van der Waals surface area contributed by atoms with Gasteiger partial charge in [0.05, 0.1) is 48.9 Å². The van der Waals surface area contributed by atoms with Crippen LogP contribution in [0.5, 0.6) is 11.5 Å². The van der Waals surface area contributed by atoms with E-state index in [1.807, 2.05) is 53.6 Å². The number of anilines is 1. The average molecular weight is 466 g/mol. The number of rotatable bonds is 7. The number of nitrogens with zero attached hydrogens (tertiary/aromatic N) is 2. The molecule has 1 atom stereocenters. The summed E-state index contributed by atoms with van der Waals surface area (Å²) in [5, 5.41) is 13.0. The molecule has 0 saturated carbocycles. The predicted molar refractivity (Wildman–Crippen MR) is 126 cm³/mol. The number of hydrogen-bond acceptors (Lipinski definition) is 9. The minimum absolute atomic E-state index is 0.356. The van der Waals surface area contributed by atoms with Crippen molar-refractivity contribution < 1.29 is 28.4 Å². The Hall–Kier alpha value is -2.09. The molecule has 9 nitrogen and oxygen atoms in total. The van der Waals surface area contributed by atoms with Crippen LogP contribution in [0.25, 0.3) is 0 Å². The van der Waals surface area contributed by atoms with Gasteiger partial charge in [-0.15, -0.1) is 0 Å². The summed E-state index contributed by atoms with van der Waals surface area (Å²) in [5.41, 5.74) is 0.140. The zero-order valence-electron chi connectivity index (χ0n) is 21.0. The van der Waals surface area contributed by atoms with E-state index in [2.05, 4.69) is 11.4 Å². The summed E-state index contributed by atoms with van der Waals surface area (Å²) in [5.74, 6) is 1.05. The molecule has 0 fully saturated rings. The van der Waals surface area contributed by atoms with Gasteiger partial charge in [0.25, 0.3) is 0 Å². The molecule has 186 valence electrons. The fourth-order valence-electron chi connectivity index (χ4n) is 2.93. The highest BCUT2D eigenvalue weighted by atomic mass is 16.7. The summed E-state index contributed by atoms with van der Waals surface area (Å²) >= 11 is 0. The van der Waals surface area contributed by atoms with Crippen molar-refractivity contribution in [3.63, 3.8) is 0 Å². The molecule has 1 N–H and O–H groups in total. The molecule has 1 aliphatic rings. The Bertz CT molecular complexity index is 786. The quantitative estimate of drug-likeness (QED) is 0.609. The summed E-state index contributed by atoms with van der Waals surface area (Å²) in [4.78, 5) is 1.88. The van der Waals surface area contributed by atoms with Crippen LogP contribution in [-0.2, 0) is 18.9 Å². The van der Waals surface area contributed by atoms with Crippen LogP contribution in [0.15, 0.2) is 12.1 Å². The smallest absolute Gasteiger partial charge is 0.219 e. The lowest BCUT2D eigenvalue weighted by Gasteiger charge is -2.37. The monoisotopic (exact) mass is 465 g/mol. The second kappa shape index (κ2) is 12.4. The molecule has 33 heavy (non-hydrogen) atoms. The van der Waals surface area contributed by atoms with Crippen molar-refractivity contribution in [3.05, 3.63) is 17.7 Å². The lowest BCUT2D eigenvalue weighted by Crippen LogP contribution is -2.46. The number of nitriles is 1. The van der Waals surface area contributed by atoms with Crippen molar-refractivity contribution in [3.8, 4) is 17.6 Å². The predicted octanol–water partition coefficient (Wildman–Crippen LogP) is 3.23. The van der Waals surface area contributed by atoms with Crippen LogP contribution in [0.2, 0.25) is 0 Å². The molecule has 1 heterocycles. The van der Waals surface area contributed by atoms with Crippen LogP contribution >= 0.6 is 0 Å². The van der Waals surface area contributed by atoms with Crippen molar-refractivity contribution in [2.75, 3.05) is 65.6 Å². The molecule has 0 bridgehead atoms. The van der Waals surface area contributed by atoms with Crippen molar-refractivity contribution in [2.45, 2.75) is 52.2 Å². The molecule has 0 amide bonds. The molecule has 0 radical (unpaired) electrons. The van der Waals surface area contributed by atoms with E-state index in [4.69, 9.17) is 28.4 Å². The summed E-state index contributed by atoms with van der Waals surface area (Å²) in [6.07, 6.45) is -0.521. The topological polar surface area (TPSA) is 94.4 Å². The molecule has 1 unspecified atom stereocenters. The Morgan fingerprint density at radius 2 is 1.48 bits per heavy atom. The maximum Gasteiger partial charge on any atom is 0.219 e. The summed E-state index contributed by atoms with van der Waals surface area (Å²) in [6, 6.07) is 5.70.